The molecule has 2 aromatic carbocycles. The highest BCUT2D eigenvalue weighted by molar-refractivity contribution is 6.02. The Balaban J connectivity index is 1.82. The molecule has 0 atom stereocenters. The van der Waals surface area contributed by atoms with Crippen LogP contribution in [0.3, 0.4) is 0 Å². The molecule has 0 bridgehead atoms. The Morgan fingerprint density at radius 3 is 1.97 bits per heavy atom. The van der Waals surface area contributed by atoms with E-state index in [4.69, 9.17) is 4.99 Å². The van der Waals surface area contributed by atoms with E-state index in [-0.39, 0.29) is 0 Å². The van der Waals surface area contributed by atoms with Gasteiger partial charge in [-0.15, -0.1) is 5.69 Å². The SMILES string of the molecule is Cc1cc(C)c(CC2=N/C(=C(\c3ccc[n-]3)c3c(C)cc(C)cc3C)C=C2)c(C)c1. The highest BCUT2D eigenvalue weighted by Crippen LogP contribution is 2.34. The molecule has 30 heavy (non-hydrogen) atoms. The number of aliphatic imine (C=N–C) groups is 1. The van der Waals surface area contributed by atoms with E-state index in [9.17, 15) is 0 Å². The van der Waals surface area contributed by atoms with Crippen molar-refractivity contribution in [3.05, 3.63) is 111 Å². The van der Waals surface area contributed by atoms with Crippen molar-refractivity contribution in [1.29, 1.82) is 0 Å². The standard InChI is InChI=1S/C28H29N2/c1-17-12-19(3)24(20(4)13-17)16-23-9-10-26(30-23)28(25-8-7-11-29-25)27-21(5)14-18(2)15-22(27)6/h7-15H,16H2,1-6H3/q-1/b28-26+. The molecule has 1 aromatic heterocycles. The fourth-order valence-electron chi connectivity index (χ4n) is 4.72. The van der Waals surface area contributed by atoms with Crippen molar-refractivity contribution in [2.75, 3.05) is 0 Å². The van der Waals surface area contributed by atoms with Crippen molar-refractivity contribution in [1.82, 2.24) is 4.98 Å². The van der Waals surface area contributed by atoms with Crippen LogP contribution in [0.2, 0.25) is 0 Å². The Morgan fingerprint density at radius 2 is 1.40 bits per heavy atom. The molecular weight excluding hydrogens is 364 g/mol. The van der Waals surface area contributed by atoms with Crippen LogP contribution in [0.15, 0.2) is 65.4 Å². The number of aromatic nitrogens is 1. The molecule has 0 radical (unpaired) electrons. The van der Waals surface area contributed by atoms with Crippen LogP contribution < -0.4 is 4.98 Å². The van der Waals surface area contributed by atoms with Crippen molar-refractivity contribution >= 4 is 11.3 Å². The predicted molar refractivity (Wildman–Crippen MR) is 127 cm³/mol. The molecule has 0 unspecified atom stereocenters. The van der Waals surface area contributed by atoms with E-state index in [0.717, 1.165) is 29.1 Å². The summed E-state index contributed by atoms with van der Waals surface area (Å²) in [6.45, 7) is 13.1. The number of hydrogen-bond acceptors (Lipinski definition) is 1. The third kappa shape index (κ3) is 3.82. The lowest BCUT2D eigenvalue weighted by Gasteiger charge is -2.20. The van der Waals surface area contributed by atoms with Gasteiger partial charge in [0, 0.05) is 12.1 Å². The van der Waals surface area contributed by atoms with Gasteiger partial charge in [0.1, 0.15) is 0 Å². The maximum Gasteiger partial charge on any atom is 0.0700 e. The first kappa shape index (κ1) is 20.2. The molecule has 1 aliphatic rings. The fraction of sp³-hybridized carbons (Fsp3) is 0.250. The molecule has 0 spiro atoms. The van der Waals surface area contributed by atoms with Gasteiger partial charge in [-0.1, -0.05) is 47.5 Å². The topological polar surface area (TPSA) is 26.5 Å². The monoisotopic (exact) mass is 393 g/mol. The Hall–Kier alpha value is -3.13. The van der Waals surface area contributed by atoms with Gasteiger partial charge in [-0.3, -0.25) is 4.99 Å². The van der Waals surface area contributed by atoms with Gasteiger partial charge in [0.15, 0.2) is 0 Å². The highest BCUT2D eigenvalue weighted by atomic mass is 14.8. The molecule has 0 saturated heterocycles. The minimum absolute atomic E-state index is 0.853. The van der Waals surface area contributed by atoms with Crippen LogP contribution in [0.4, 0.5) is 0 Å². The van der Waals surface area contributed by atoms with Gasteiger partial charge in [-0.2, -0.15) is 6.20 Å². The van der Waals surface area contributed by atoms with E-state index in [1.807, 2.05) is 12.3 Å². The van der Waals surface area contributed by atoms with E-state index in [1.54, 1.807) is 0 Å². The van der Waals surface area contributed by atoms with Crippen molar-refractivity contribution < 1.29 is 0 Å². The van der Waals surface area contributed by atoms with Crippen LogP contribution in [0, 0.1) is 41.5 Å². The first-order valence-corrected chi connectivity index (χ1v) is 10.6. The second-order valence-corrected chi connectivity index (χ2v) is 8.55. The van der Waals surface area contributed by atoms with E-state index in [0.29, 0.717) is 0 Å². The van der Waals surface area contributed by atoms with Crippen LogP contribution in [-0.4, -0.2) is 5.71 Å². The second-order valence-electron chi connectivity index (χ2n) is 8.55. The van der Waals surface area contributed by atoms with Gasteiger partial charge in [-0.25, -0.2) is 0 Å². The third-order valence-electron chi connectivity index (χ3n) is 5.89. The normalized spacial score (nSPS) is 14.9. The number of hydrogen-bond donors (Lipinski definition) is 0. The lowest BCUT2D eigenvalue weighted by Crippen LogP contribution is -2.03. The van der Waals surface area contributed by atoms with Gasteiger partial charge in [0.25, 0.3) is 0 Å². The molecule has 0 amide bonds. The lowest BCUT2D eigenvalue weighted by molar-refractivity contribution is 1.18. The third-order valence-corrected chi connectivity index (χ3v) is 5.89. The van der Waals surface area contributed by atoms with Crippen LogP contribution in [-0.2, 0) is 6.42 Å². The van der Waals surface area contributed by atoms with Crippen LogP contribution in [0.5, 0.6) is 0 Å². The van der Waals surface area contributed by atoms with Gasteiger partial charge in [0.05, 0.1) is 5.70 Å². The molecule has 3 aromatic rings. The summed E-state index contributed by atoms with van der Waals surface area (Å²) in [5.41, 5.74) is 14.6. The average molecular weight is 394 g/mol. The zero-order chi connectivity index (χ0) is 21.4. The first-order chi connectivity index (χ1) is 14.3. The van der Waals surface area contributed by atoms with E-state index in [1.165, 1.54) is 44.5 Å². The molecule has 0 aliphatic carbocycles. The van der Waals surface area contributed by atoms with Gasteiger partial charge >= 0.3 is 0 Å². The number of benzene rings is 2. The lowest BCUT2D eigenvalue weighted by atomic mass is 9.91. The smallest absolute Gasteiger partial charge is 0.0700 e. The molecule has 2 nitrogen and oxygen atoms in total. The summed E-state index contributed by atoms with van der Waals surface area (Å²) >= 11 is 0. The summed E-state index contributed by atoms with van der Waals surface area (Å²) in [7, 11) is 0. The Morgan fingerprint density at radius 1 is 0.800 bits per heavy atom. The number of rotatable bonds is 4. The summed E-state index contributed by atoms with van der Waals surface area (Å²) in [5, 5.41) is 0. The van der Waals surface area contributed by atoms with Crippen molar-refractivity contribution in [3.8, 4) is 0 Å². The van der Waals surface area contributed by atoms with Crippen molar-refractivity contribution in [2.24, 2.45) is 4.99 Å². The summed E-state index contributed by atoms with van der Waals surface area (Å²) in [6, 6.07) is 13.1. The number of aryl methyl sites for hydroxylation is 6. The van der Waals surface area contributed by atoms with Crippen molar-refractivity contribution in [3.63, 3.8) is 0 Å². The minimum Gasteiger partial charge on any atom is -0.664 e. The van der Waals surface area contributed by atoms with E-state index < -0.39 is 0 Å². The second kappa shape index (κ2) is 7.95. The average Bonchev–Trinajstić information content (AvgIpc) is 3.33. The molecule has 1 aliphatic heterocycles. The molecular formula is C28H29N2-. The van der Waals surface area contributed by atoms with E-state index in [2.05, 4.69) is 89.0 Å². The molecule has 152 valence electrons. The Bertz CT molecular complexity index is 1160. The zero-order valence-corrected chi connectivity index (χ0v) is 18.8. The van der Waals surface area contributed by atoms with Gasteiger partial charge in [-0.05, 0) is 92.6 Å². The largest absolute Gasteiger partial charge is 0.664 e. The highest BCUT2D eigenvalue weighted by Gasteiger charge is 2.17. The summed E-state index contributed by atoms with van der Waals surface area (Å²) < 4.78 is 0. The van der Waals surface area contributed by atoms with Crippen LogP contribution in [0.25, 0.3) is 5.57 Å². The summed E-state index contributed by atoms with van der Waals surface area (Å²) in [5.74, 6) is 0. The van der Waals surface area contributed by atoms with Gasteiger partial charge < -0.3 is 4.98 Å². The quantitative estimate of drug-likeness (QED) is 0.496. The van der Waals surface area contributed by atoms with Crippen molar-refractivity contribution in [2.45, 2.75) is 48.0 Å². The van der Waals surface area contributed by atoms with Gasteiger partial charge in [0.2, 0.25) is 0 Å². The molecule has 2 heterocycles. The molecule has 0 saturated carbocycles. The van der Waals surface area contributed by atoms with Crippen LogP contribution >= 0.6 is 0 Å². The maximum absolute atomic E-state index is 5.07. The molecule has 2 heteroatoms. The Labute approximate surface area is 180 Å². The number of allylic oxidation sites excluding steroid dienone is 2. The summed E-state index contributed by atoms with van der Waals surface area (Å²) in [6.07, 6.45) is 7.02. The van der Waals surface area contributed by atoms with E-state index >= 15 is 0 Å². The minimum atomic E-state index is 0.853. The fourth-order valence-corrected chi connectivity index (χ4v) is 4.72. The zero-order valence-electron chi connectivity index (χ0n) is 18.8. The summed E-state index contributed by atoms with van der Waals surface area (Å²) in [4.78, 5) is 9.70. The maximum atomic E-state index is 5.07. The molecule has 0 fully saturated rings. The number of nitrogens with zero attached hydrogens (tertiary/aromatic N) is 2. The van der Waals surface area contributed by atoms with Crippen LogP contribution in [0.1, 0.15) is 50.2 Å². The molecule has 4 rings (SSSR count). The Kier molecular flexibility index (Phi) is 5.34. The predicted octanol–water partition coefficient (Wildman–Crippen LogP) is 6.51. The molecule has 0 N–H and O–H groups in total. The first-order valence-electron chi connectivity index (χ1n) is 10.6.